The van der Waals surface area contributed by atoms with Crippen molar-refractivity contribution in [2.24, 2.45) is 0 Å². The van der Waals surface area contributed by atoms with Crippen molar-refractivity contribution in [1.29, 1.82) is 5.26 Å². The summed E-state index contributed by atoms with van der Waals surface area (Å²) in [4.78, 5) is 12.0. The maximum absolute atomic E-state index is 8.86. The van der Waals surface area contributed by atoms with Gasteiger partial charge in [-0.15, -0.1) is 0 Å². The molecule has 0 saturated carbocycles. The van der Waals surface area contributed by atoms with Crippen LogP contribution in [0, 0.1) is 11.3 Å². The lowest BCUT2D eigenvalue weighted by Gasteiger charge is -2.05. The molecule has 0 aliphatic carbocycles. The highest BCUT2D eigenvalue weighted by molar-refractivity contribution is 6.28. The fourth-order valence-corrected chi connectivity index (χ4v) is 1.74. The Kier molecular flexibility index (Phi) is 3.45. The van der Waals surface area contributed by atoms with Crippen LogP contribution in [-0.2, 0) is 0 Å². The van der Waals surface area contributed by atoms with Gasteiger partial charge in [0, 0.05) is 12.4 Å². The van der Waals surface area contributed by atoms with Gasteiger partial charge in [-0.1, -0.05) is 6.07 Å². The minimum absolute atomic E-state index is 0.0121. The van der Waals surface area contributed by atoms with Crippen LogP contribution in [0.2, 0.25) is 5.28 Å². The molecule has 0 aliphatic heterocycles. The first-order valence-corrected chi connectivity index (χ1v) is 6.22. The highest BCUT2D eigenvalue weighted by Gasteiger charge is 2.09. The van der Waals surface area contributed by atoms with E-state index in [1.807, 2.05) is 6.07 Å². The van der Waals surface area contributed by atoms with Crippen LogP contribution in [0.4, 0.5) is 0 Å². The smallest absolute Gasteiger partial charge is 0.328 e. The molecular weight excluding hydrogens is 292 g/mol. The average Bonchev–Trinajstić information content (AvgIpc) is 3.01. The van der Waals surface area contributed by atoms with Crippen LogP contribution in [0.5, 0.6) is 11.8 Å². The van der Waals surface area contributed by atoms with Crippen molar-refractivity contribution >= 4 is 11.6 Å². The lowest BCUT2D eigenvalue weighted by molar-refractivity contribution is 0.437. The van der Waals surface area contributed by atoms with E-state index in [1.165, 1.54) is 4.68 Å². The Morgan fingerprint density at radius 3 is 2.86 bits per heavy atom. The molecule has 0 amide bonds. The maximum Gasteiger partial charge on any atom is 0.328 e. The summed E-state index contributed by atoms with van der Waals surface area (Å²) in [6.07, 6.45) is 3.26. The molecule has 0 atom stereocenters. The van der Waals surface area contributed by atoms with Crippen molar-refractivity contribution in [2.75, 3.05) is 0 Å². The van der Waals surface area contributed by atoms with Gasteiger partial charge < -0.3 is 4.74 Å². The third-order valence-corrected chi connectivity index (χ3v) is 2.63. The molecule has 3 rings (SSSR count). The Morgan fingerprint density at radius 1 is 1.19 bits per heavy atom. The fourth-order valence-electron chi connectivity index (χ4n) is 1.59. The first kappa shape index (κ1) is 13.0. The van der Waals surface area contributed by atoms with E-state index >= 15 is 0 Å². The van der Waals surface area contributed by atoms with Gasteiger partial charge in [-0.25, -0.2) is 4.68 Å². The zero-order valence-electron chi connectivity index (χ0n) is 10.5. The highest BCUT2D eigenvalue weighted by Crippen LogP contribution is 2.20. The van der Waals surface area contributed by atoms with E-state index in [0.717, 1.165) is 0 Å². The molecule has 2 heterocycles. The summed E-state index contributed by atoms with van der Waals surface area (Å²) >= 11 is 5.86. The van der Waals surface area contributed by atoms with Crippen molar-refractivity contribution in [2.45, 2.75) is 0 Å². The number of aromatic nitrogens is 5. The topological polar surface area (TPSA) is 89.5 Å². The molecule has 0 radical (unpaired) electrons. The molecule has 0 unspecified atom stereocenters. The van der Waals surface area contributed by atoms with E-state index in [-0.39, 0.29) is 17.2 Å². The molecule has 2 aromatic heterocycles. The second-order valence-corrected chi connectivity index (χ2v) is 4.22. The van der Waals surface area contributed by atoms with Gasteiger partial charge in [0.2, 0.25) is 5.28 Å². The highest BCUT2D eigenvalue weighted by atomic mass is 35.5. The van der Waals surface area contributed by atoms with Crippen LogP contribution < -0.4 is 4.74 Å². The SMILES string of the molecule is N#Cc1cccc(Oc2nc(Cl)nc(-n3cccn3)n2)c1. The average molecular weight is 299 g/mol. The first-order chi connectivity index (χ1) is 10.2. The van der Waals surface area contributed by atoms with Crippen molar-refractivity contribution in [1.82, 2.24) is 24.7 Å². The van der Waals surface area contributed by atoms with E-state index in [0.29, 0.717) is 11.3 Å². The number of rotatable bonds is 3. The predicted octanol–water partition coefficient (Wildman–Crippen LogP) is 2.37. The van der Waals surface area contributed by atoms with Gasteiger partial charge in [0.05, 0.1) is 11.6 Å². The molecule has 3 aromatic rings. The molecule has 0 N–H and O–H groups in total. The summed E-state index contributed by atoms with van der Waals surface area (Å²) in [6, 6.07) is 10.4. The van der Waals surface area contributed by atoms with Crippen molar-refractivity contribution in [3.05, 3.63) is 53.6 Å². The summed E-state index contributed by atoms with van der Waals surface area (Å²) in [5.41, 5.74) is 0.472. The molecule has 7 nitrogen and oxygen atoms in total. The van der Waals surface area contributed by atoms with E-state index in [9.17, 15) is 0 Å². The first-order valence-electron chi connectivity index (χ1n) is 5.84. The molecule has 0 saturated heterocycles. The van der Waals surface area contributed by atoms with E-state index in [1.54, 1.807) is 42.7 Å². The number of hydrogen-bond acceptors (Lipinski definition) is 6. The van der Waals surface area contributed by atoms with Gasteiger partial charge in [-0.2, -0.15) is 25.3 Å². The predicted molar refractivity (Wildman–Crippen MR) is 73.2 cm³/mol. The largest absolute Gasteiger partial charge is 0.424 e. The molecular formula is C13H7ClN6O. The molecule has 102 valence electrons. The third kappa shape index (κ3) is 2.96. The molecule has 0 fully saturated rings. The Morgan fingerprint density at radius 2 is 2.10 bits per heavy atom. The van der Waals surface area contributed by atoms with Gasteiger partial charge >= 0.3 is 6.01 Å². The van der Waals surface area contributed by atoms with Crippen LogP contribution in [0.3, 0.4) is 0 Å². The number of hydrogen-bond donors (Lipinski definition) is 0. The van der Waals surface area contributed by atoms with Crippen LogP contribution in [0.15, 0.2) is 42.7 Å². The lowest BCUT2D eigenvalue weighted by Crippen LogP contribution is -2.05. The second kappa shape index (κ2) is 5.56. The van der Waals surface area contributed by atoms with Gasteiger partial charge in [0.25, 0.3) is 5.95 Å². The molecule has 0 aliphatic rings. The van der Waals surface area contributed by atoms with Gasteiger partial charge in [-0.05, 0) is 35.9 Å². The number of halogens is 1. The van der Waals surface area contributed by atoms with E-state index < -0.39 is 0 Å². The van der Waals surface area contributed by atoms with Gasteiger partial charge in [0.15, 0.2) is 0 Å². The molecule has 0 bridgehead atoms. The lowest BCUT2D eigenvalue weighted by atomic mass is 10.2. The molecule has 0 spiro atoms. The number of nitrogens with zero attached hydrogens (tertiary/aromatic N) is 6. The van der Waals surface area contributed by atoms with Crippen LogP contribution in [0.25, 0.3) is 5.95 Å². The van der Waals surface area contributed by atoms with Gasteiger partial charge in [-0.3, -0.25) is 0 Å². The Labute approximate surface area is 124 Å². The zero-order chi connectivity index (χ0) is 14.7. The summed E-state index contributed by atoms with van der Waals surface area (Å²) in [5.74, 6) is 0.675. The van der Waals surface area contributed by atoms with E-state index in [4.69, 9.17) is 21.6 Å². The minimum Gasteiger partial charge on any atom is -0.424 e. The summed E-state index contributed by atoms with van der Waals surface area (Å²) in [7, 11) is 0. The second-order valence-electron chi connectivity index (χ2n) is 3.88. The monoisotopic (exact) mass is 298 g/mol. The summed E-state index contributed by atoms with van der Waals surface area (Å²) in [6.45, 7) is 0. The van der Waals surface area contributed by atoms with E-state index in [2.05, 4.69) is 20.1 Å². The Bertz CT molecular complexity index is 812. The summed E-state index contributed by atoms with van der Waals surface area (Å²) in [5, 5.41) is 12.9. The maximum atomic E-state index is 8.86. The van der Waals surface area contributed by atoms with Crippen LogP contribution in [-0.4, -0.2) is 24.7 Å². The van der Waals surface area contributed by atoms with Gasteiger partial charge in [0.1, 0.15) is 5.75 Å². The minimum atomic E-state index is -0.0121. The summed E-state index contributed by atoms with van der Waals surface area (Å²) < 4.78 is 6.94. The van der Waals surface area contributed by atoms with Crippen molar-refractivity contribution in [3.8, 4) is 23.8 Å². The standard InChI is InChI=1S/C13H7ClN6O/c14-11-17-12(20-6-2-5-16-20)19-13(18-11)21-10-4-1-3-9(7-10)8-15/h1-7H. The molecule has 21 heavy (non-hydrogen) atoms. The quantitative estimate of drug-likeness (QED) is 0.737. The zero-order valence-corrected chi connectivity index (χ0v) is 11.3. The fraction of sp³-hybridized carbons (Fsp3) is 0. The number of benzene rings is 1. The Hall–Kier alpha value is -2.98. The normalized spacial score (nSPS) is 10.1. The van der Waals surface area contributed by atoms with Crippen molar-refractivity contribution < 1.29 is 4.74 Å². The number of ether oxygens (including phenoxy) is 1. The molecule has 1 aromatic carbocycles. The molecule has 8 heteroatoms. The van der Waals surface area contributed by atoms with Crippen molar-refractivity contribution in [3.63, 3.8) is 0 Å². The van der Waals surface area contributed by atoms with Crippen LogP contribution in [0.1, 0.15) is 5.56 Å². The Balaban J connectivity index is 1.94. The number of nitriles is 1. The third-order valence-electron chi connectivity index (χ3n) is 2.46. The van der Waals surface area contributed by atoms with Crippen LogP contribution >= 0.6 is 11.6 Å².